The van der Waals surface area contributed by atoms with Crippen LogP contribution in [0.2, 0.25) is 0 Å². The van der Waals surface area contributed by atoms with Gasteiger partial charge in [0, 0.05) is 0 Å². The molecule has 0 amide bonds. The van der Waals surface area contributed by atoms with Crippen LogP contribution in [0.15, 0.2) is 60.7 Å². The summed E-state index contributed by atoms with van der Waals surface area (Å²) in [5.41, 5.74) is 1.03. The van der Waals surface area contributed by atoms with E-state index in [9.17, 15) is 9.90 Å². The van der Waals surface area contributed by atoms with Crippen molar-refractivity contribution >= 4 is 16.7 Å². The number of fused-ring (bicyclic) bond motifs is 1. The Morgan fingerprint density at radius 2 is 1.78 bits per heavy atom. The number of hydrogen-bond donors (Lipinski definition) is 1. The summed E-state index contributed by atoms with van der Waals surface area (Å²) in [6, 6.07) is 18.0. The number of esters is 1. The van der Waals surface area contributed by atoms with E-state index in [0.29, 0.717) is 5.75 Å². The van der Waals surface area contributed by atoms with Crippen molar-refractivity contribution in [1.29, 1.82) is 0 Å². The van der Waals surface area contributed by atoms with Gasteiger partial charge in [-0.1, -0.05) is 36.4 Å². The minimum absolute atomic E-state index is 0.0965. The standard InChI is InChI=1S/C19H16O4/c1-22-16-8-7-14-11-18(20)17(10-15(14)9-16)19(21)23-12-13-5-3-2-4-6-13/h2-11,20H,12H2,1H3. The third-order valence-electron chi connectivity index (χ3n) is 3.59. The van der Waals surface area contributed by atoms with Crippen molar-refractivity contribution in [3.8, 4) is 11.5 Å². The first kappa shape index (κ1) is 14.9. The second-order valence-electron chi connectivity index (χ2n) is 5.14. The SMILES string of the molecule is COc1ccc2cc(O)c(C(=O)OCc3ccccc3)cc2c1. The second-order valence-corrected chi connectivity index (χ2v) is 5.14. The molecule has 0 spiro atoms. The average Bonchev–Trinajstić information content (AvgIpc) is 2.59. The minimum Gasteiger partial charge on any atom is -0.507 e. The summed E-state index contributed by atoms with van der Waals surface area (Å²) in [7, 11) is 1.58. The maximum Gasteiger partial charge on any atom is 0.342 e. The molecule has 3 aromatic rings. The van der Waals surface area contributed by atoms with Gasteiger partial charge in [0.1, 0.15) is 23.7 Å². The molecule has 4 nitrogen and oxygen atoms in total. The van der Waals surface area contributed by atoms with Gasteiger partial charge in [0.2, 0.25) is 0 Å². The highest BCUT2D eigenvalue weighted by atomic mass is 16.5. The highest BCUT2D eigenvalue weighted by Gasteiger charge is 2.14. The molecule has 0 aliphatic carbocycles. The molecule has 3 rings (SSSR count). The van der Waals surface area contributed by atoms with Gasteiger partial charge < -0.3 is 14.6 Å². The number of phenols is 1. The molecule has 0 aromatic heterocycles. The predicted octanol–water partition coefficient (Wildman–Crippen LogP) is 3.91. The van der Waals surface area contributed by atoms with Crippen LogP contribution in [0.5, 0.6) is 11.5 Å². The fourth-order valence-electron chi connectivity index (χ4n) is 2.36. The normalized spacial score (nSPS) is 10.5. The lowest BCUT2D eigenvalue weighted by molar-refractivity contribution is 0.0469. The molecular weight excluding hydrogens is 292 g/mol. The summed E-state index contributed by atoms with van der Waals surface area (Å²) in [5.74, 6) is 0.0311. The summed E-state index contributed by atoms with van der Waals surface area (Å²) in [5, 5.41) is 11.7. The molecule has 4 heteroatoms. The van der Waals surface area contributed by atoms with Gasteiger partial charge in [0.05, 0.1) is 7.11 Å². The van der Waals surface area contributed by atoms with Crippen molar-refractivity contribution in [2.24, 2.45) is 0 Å². The van der Waals surface area contributed by atoms with Crippen LogP contribution < -0.4 is 4.74 Å². The van der Waals surface area contributed by atoms with E-state index in [4.69, 9.17) is 9.47 Å². The van der Waals surface area contributed by atoms with Crippen molar-refractivity contribution in [2.45, 2.75) is 6.61 Å². The summed E-state index contributed by atoms with van der Waals surface area (Å²) in [6.45, 7) is 0.162. The zero-order chi connectivity index (χ0) is 16.2. The number of ether oxygens (including phenoxy) is 2. The third-order valence-corrected chi connectivity index (χ3v) is 3.59. The Kier molecular flexibility index (Phi) is 4.15. The smallest absolute Gasteiger partial charge is 0.342 e. The minimum atomic E-state index is -0.559. The van der Waals surface area contributed by atoms with Crippen molar-refractivity contribution in [1.82, 2.24) is 0 Å². The molecule has 0 bridgehead atoms. The number of carbonyl (C=O) groups excluding carboxylic acids is 1. The Hall–Kier alpha value is -3.01. The molecule has 0 saturated heterocycles. The molecule has 0 fully saturated rings. The first-order valence-corrected chi connectivity index (χ1v) is 7.19. The van der Waals surface area contributed by atoms with Gasteiger partial charge in [-0.15, -0.1) is 0 Å². The first-order valence-electron chi connectivity index (χ1n) is 7.19. The van der Waals surface area contributed by atoms with Gasteiger partial charge in [0.15, 0.2) is 0 Å². The topological polar surface area (TPSA) is 55.8 Å². The van der Waals surface area contributed by atoms with E-state index in [1.54, 1.807) is 25.3 Å². The number of benzene rings is 3. The van der Waals surface area contributed by atoms with Crippen LogP contribution in [0.1, 0.15) is 15.9 Å². The van der Waals surface area contributed by atoms with Gasteiger partial charge in [-0.3, -0.25) is 0 Å². The third kappa shape index (κ3) is 3.26. The lowest BCUT2D eigenvalue weighted by Crippen LogP contribution is -2.05. The fraction of sp³-hybridized carbons (Fsp3) is 0.105. The van der Waals surface area contributed by atoms with Gasteiger partial charge in [-0.05, 0) is 40.6 Å². The van der Waals surface area contributed by atoms with Crippen molar-refractivity contribution in [3.63, 3.8) is 0 Å². The van der Waals surface area contributed by atoms with Gasteiger partial charge in [-0.25, -0.2) is 4.79 Å². The van der Waals surface area contributed by atoms with Crippen LogP contribution >= 0.6 is 0 Å². The molecule has 0 aliphatic heterocycles. The predicted molar refractivity (Wildman–Crippen MR) is 87.7 cm³/mol. The molecule has 116 valence electrons. The van der Waals surface area contributed by atoms with E-state index in [2.05, 4.69) is 0 Å². The van der Waals surface area contributed by atoms with E-state index in [1.165, 1.54) is 0 Å². The first-order chi connectivity index (χ1) is 11.2. The van der Waals surface area contributed by atoms with E-state index >= 15 is 0 Å². The Morgan fingerprint density at radius 3 is 2.52 bits per heavy atom. The van der Waals surface area contributed by atoms with E-state index in [0.717, 1.165) is 16.3 Å². The summed E-state index contributed by atoms with van der Waals surface area (Å²) in [6.07, 6.45) is 0. The van der Waals surface area contributed by atoms with Crippen molar-refractivity contribution < 1.29 is 19.4 Å². The molecule has 0 radical (unpaired) electrons. The number of carbonyl (C=O) groups is 1. The molecule has 23 heavy (non-hydrogen) atoms. The van der Waals surface area contributed by atoms with Crippen LogP contribution in [-0.2, 0) is 11.3 Å². The molecule has 1 N–H and O–H groups in total. The number of rotatable bonds is 4. The summed E-state index contributed by atoms with van der Waals surface area (Å²) in [4.78, 5) is 12.2. The highest BCUT2D eigenvalue weighted by molar-refractivity contribution is 5.98. The maximum absolute atomic E-state index is 12.2. The number of hydrogen-bond acceptors (Lipinski definition) is 4. The zero-order valence-electron chi connectivity index (χ0n) is 12.7. The van der Waals surface area contributed by atoms with Crippen LogP contribution in [0.4, 0.5) is 0 Å². The van der Waals surface area contributed by atoms with Gasteiger partial charge in [-0.2, -0.15) is 0 Å². The second kappa shape index (κ2) is 6.40. The lowest BCUT2D eigenvalue weighted by Gasteiger charge is -2.09. The fourth-order valence-corrected chi connectivity index (χ4v) is 2.36. The molecule has 0 saturated carbocycles. The highest BCUT2D eigenvalue weighted by Crippen LogP contribution is 2.28. The van der Waals surface area contributed by atoms with Crippen LogP contribution in [0, 0.1) is 0 Å². The van der Waals surface area contributed by atoms with Gasteiger partial charge >= 0.3 is 5.97 Å². The lowest BCUT2D eigenvalue weighted by atomic mass is 10.1. The largest absolute Gasteiger partial charge is 0.507 e. The van der Waals surface area contributed by atoms with E-state index in [1.807, 2.05) is 42.5 Å². The maximum atomic E-state index is 12.2. The van der Waals surface area contributed by atoms with Crippen LogP contribution in [-0.4, -0.2) is 18.2 Å². The monoisotopic (exact) mass is 308 g/mol. The van der Waals surface area contributed by atoms with Gasteiger partial charge in [0.25, 0.3) is 0 Å². The number of aromatic hydroxyl groups is 1. The molecule has 3 aromatic carbocycles. The van der Waals surface area contributed by atoms with Crippen LogP contribution in [0.3, 0.4) is 0 Å². The van der Waals surface area contributed by atoms with Crippen LogP contribution in [0.25, 0.3) is 10.8 Å². The molecule has 0 aliphatic rings. The van der Waals surface area contributed by atoms with E-state index in [-0.39, 0.29) is 17.9 Å². The zero-order valence-corrected chi connectivity index (χ0v) is 12.7. The number of methoxy groups -OCH3 is 1. The van der Waals surface area contributed by atoms with Crippen molar-refractivity contribution in [2.75, 3.05) is 7.11 Å². The molecular formula is C19H16O4. The Balaban J connectivity index is 1.85. The average molecular weight is 308 g/mol. The summed E-state index contributed by atoms with van der Waals surface area (Å²) < 4.78 is 10.4. The Bertz CT molecular complexity index is 841. The molecule has 0 unspecified atom stereocenters. The number of phenolic OH excluding ortho intramolecular Hbond substituents is 1. The Labute approximate surface area is 133 Å². The Morgan fingerprint density at radius 1 is 1.00 bits per heavy atom. The van der Waals surface area contributed by atoms with Crippen molar-refractivity contribution in [3.05, 3.63) is 71.8 Å². The van der Waals surface area contributed by atoms with E-state index < -0.39 is 5.97 Å². The summed E-state index contributed by atoms with van der Waals surface area (Å²) >= 11 is 0. The quantitative estimate of drug-likeness (QED) is 0.742. The molecule has 0 atom stereocenters. The molecule has 0 heterocycles.